The van der Waals surface area contributed by atoms with Crippen molar-refractivity contribution in [3.63, 3.8) is 0 Å². The third kappa shape index (κ3) is 4.69. The average Bonchev–Trinajstić information content (AvgIpc) is 2.86. The van der Waals surface area contributed by atoms with Crippen LogP contribution in [0.3, 0.4) is 0 Å². The zero-order valence-corrected chi connectivity index (χ0v) is 22.5. The van der Waals surface area contributed by atoms with Gasteiger partial charge in [-0.1, -0.05) is 13.0 Å². The minimum atomic E-state index is -1.05. The molecule has 0 fully saturated rings. The molecule has 0 unspecified atom stereocenters. The summed E-state index contributed by atoms with van der Waals surface area (Å²) < 4.78 is 34.5. The first-order chi connectivity index (χ1) is 17.1. The molecule has 0 saturated heterocycles. The minimum absolute atomic E-state index is 0.151. The van der Waals surface area contributed by atoms with Crippen LogP contribution < -0.4 is 28.4 Å². The van der Waals surface area contributed by atoms with Crippen molar-refractivity contribution >= 4 is 5.97 Å². The van der Waals surface area contributed by atoms with E-state index in [1.165, 1.54) is 28.4 Å². The van der Waals surface area contributed by atoms with Crippen LogP contribution in [0.5, 0.6) is 34.5 Å². The van der Waals surface area contributed by atoms with Crippen molar-refractivity contribution in [2.75, 3.05) is 35.5 Å². The highest BCUT2D eigenvalue weighted by molar-refractivity contribution is 5.94. The summed E-state index contributed by atoms with van der Waals surface area (Å²) in [5.74, 6) is 1.46. The van der Waals surface area contributed by atoms with Crippen LogP contribution in [0, 0.1) is 5.92 Å². The second-order valence-electron chi connectivity index (χ2n) is 9.16. The molecule has 0 aliphatic heterocycles. The fourth-order valence-electron chi connectivity index (χ4n) is 4.57. The number of rotatable bonds is 7. The summed E-state index contributed by atoms with van der Waals surface area (Å²) in [6, 6.07) is 3.68. The molecule has 0 heterocycles. The molecule has 0 saturated carbocycles. The molecule has 36 heavy (non-hydrogen) atoms. The fourth-order valence-corrected chi connectivity index (χ4v) is 4.57. The van der Waals surface area contributed by atoms with Gasteiger partial charge in [0.2, 0.25) is 11.5 Å². The van der Waals surface area contributed by atoms with Crippen LogP contribution >= 0.6 is 0 Å². The molecule has 196 valence electrons. The van der Waals surface area contributed by atoms with E-state index in [4.69, 9.17) is 28.4 Å². The number of benzene rings is 2. The van der Waals surface area contributed by atoms with Gasteiger partial charge in [0.05, 0.1) is 41.2 Å². The topological polar surface area (TPSA) is 92.7 Å². The highest BCUT2D eigenvalue weighted by Crippen LogP contribution is 2.56. The molecule has 3 rings (SSSR count). The smallest absolute Gasteiger partial charge is 0.338 e. The van der Waals surface area contributed by atoms with Gasteiger partial charge in [0.15, 0.2) is 23.0 Å². The van der Waals surface area contributed by atoms with Gasteiger partial charge in [0, 0.05) is 23.1 Å². The Labute approximate surface area is 212 Å². The van der Waals surface area contributed by atoms with E-state index in [9.17, 15) is 9.90 Å². The first-order valence-electron chi connectivity index (χ1n) is 11.8. The Kier molecular flexibility index (Phi) is 8.09. The molecule has 2 atom stereocenters. The maximum absolute atomic E-state index is 13.0. The van der Waals surface area contributed by atoms with E-state index < -0.39 is 11.6 Å². The van der Waals surface area contributed by atoms with E-state index >= 15 is 0 Å². The van der Waals surface area contributed by atoms with Gasteiger partial charge in [0.1, 0.15) is 0 Å². The minimum Gasteiger partial charge on any atom is -0.493 e. The number of methoxy groups -OCH3 is 5. The standard InChI is InChI=1S/C28H36O8/c1-10-15(2)27(29)36-26-21-17(12-19(31-5)24(26)34-8)11-16(3)28(4,30)14-18-13-20(32-6)23(33-7)25(35-9)22(18)21/h10,12-13,16,30H,11,14H2,1-9H3/b15-10-/t16-,28-/m0/s1. The lowest BCUT2D eigenvalue weighted by Crippen LogP contribution is -2.37. The van der Waals surface area contributed by atoms with Crippen molar-refractivity contribution in [3.8, 4) is 45.6 Å². The van der Waals surface area contributed by atoms with Crippen LogP contribution in [0.4, 0.5) is 0 Å². The number of carbonyl (C=O) groups excluding carboxylic acids is 1. The van der Waals surface area contributed by atoms with Crippen molar-refractivity contribution < 1.29 is 38.3 Å². The Bertz CT molecular complexity index is 1180. The van der Waals surface area contributed by atoms with E-state index in [0.717, 1.165) is 11.1 Å². The Hall–Kier alpha value is -3.39. The van der Waals surface area contributed by atoms with Gasteiger partial charge >= 0.3 is 5.97 Å². The summed E-state index contributed by atoms with van der Waals surface area (Å²) in [6.07, 6.45) is 2.46. The van der Waals surface area contributed by atoms with E-state index in [1.807, 2.05) is 26.0 Å². The monoisotopic (exact) mass is 500 g/mol. The summed E-state index contributed by atoms with van der Waals surface area (Å²) in [4.78, 5) is 13.0. The maximum Gasteiger partial charge on any atom is 0.338 e. The number of hydrogen-bond donors (Lipinski definition) is 1. The number of allylic oxidation sites excluding steroid dienone is 1. The predicted octanol–water partition coefficient (Wildman–Crippen LogP) is 4.75. The third-order valence-electron chi connectivity index (χ3n) is 6.96. The summed E-state index contributed by atoms with van der Waals surface area (Å²) in [6.45, 7) is 7.25. The van der Waals surface area contributed by atoms with Crippen LogP contribution in [0.2, 0.25) is 0 Å². The number of fused-ring (bicyclic) bond motifs is 3. The first-order valence-corrected chi connectivity index (χ1v) is 11.8. The Balaban J connectivity index is 2.56. The van der Waals surface area contributed by atoms with Gasteiger partial charge in [-0.15, -0.1) is 0 Å². The zero-order valence-electron chi connectivity index (χ0n) is 22.5. The highest BCUT2D eigenvalue weighted by Gasteiger charge is 2.38. The fraction of sp³-hybridized carbons (Fsp3) is 0.464. The van der Waals surface area contributed by atoms with Crippen molar-refractivity contribution in [2.45, 2.75) is 46.1 Å². The summed E-state index contributed by atoms with van der Waals surface area (Å²) >= 11 is 0. The van der Waals surface area contributed by atoms with Gasteiger partial charge in [-0.05, 0) is 56.4 Å². The number of hydrogen-bond acceptors (Lipinski definition) is 8. The molecule has 0 radical (unpaired) electrons. The molecule has 1 aliphatic carbocycles. The molecular formula is C28H36O8. The summed E-state index contributed by atoms with van der Waals surface area (Å²) in [7, 11) is 7.63. The average molecular weight is 501 g/mol. The maximum atomic E-state index is 13.0. The molecule has 2 aromatic carbocycles. The van der Waals surface area contributed by atoms with Gasteiger partial charge in [-0.3, -0.25) is 0 Å². The predicted molar refractivity (Wildman–Crippen MR) is 137 cm³/mol. The second-order valence-corrected chi connectivity index (χ2v) is 9.16. The van der Waals surface area contributed by atoms with Crippen molar-refractivity contribution in [1.29, 1.82) is 0 Å². The second kappa shape index (κ2) is 10.7. The van der Waals surface area contributed by atoms with Crippen molar-refractivity contribution in [3.05, 3.63) is 34.9 Å². The molecule has 1 aliphatic rings. The van der Waals surface area contributed by atoms with E-state index in [0.29, 0.717) is 52.5 Å². The summed E-state index contributed by atoms with van der Waals surface area (Å²) in [5, 5.41) is 11.5. The first kappa shape index (κ1) is 27.2. The molecule has 0 bridgehead atoms. The summed E-state index contributed by atoms with van der Waals surface area (Å²) in [5.41, 5.74) is 2.17. The molecule has 2 aromatic rings. The van der Waals surface area contributed by atoms with E-state index in [2.05, 4.69) is 0 Å². The van der Waals surface area contributed by atoms with Gasteiger partial charge in [-0.2, -0.15) is 0 Å². The number of ether oxygens (including phenoxy) is 6. The van der Waals surface area contributed by atoms with Crippen LogP contribution in [-0.4, -0.2) is 52.2 Å². The molecule has 8 heteroatoms. The molecule has 8 nitrogen and oxygen atoms in total. The number of aliphatic hydroxyl groups is 1. The normalized spacial score (nSPS) is 19.3. The number of esters is 1. The molecule has 0 spiro atoms. The van der Waals surface area contributed by atoms with Crippen LogP contribution in [-0.2, 0) is 17.6 Å². The SMILES string of the molecule is C/C=C(/C)C(=O)Oc1c(OC)c(OC)cc2c1-c1c(cc(OC)c(OC)c1OC)C[C@](C)(O)[C@@H](C)C2. The van der Waals surface area contributed by atoms with Crippen molar-refractivity contribution in [2.24, 2.45) is 5.92 Å². The van der Waals surface area contributed by atoms with E-state index in [-0.39, 0.29) is 17.4 Å². The lowest BCUT2D eigenvalue weighted by atomic mass is 9.75. The zero-order chi connectivity index (χ0) is 26.8. The van der Waals surface area contributed by atoms with Gasteiger partial charge in [0.25, 0.3) is 0 Å². The van der Waals surface area contributed by atoms with Crippen LogP contribution in [0.25, 0.3) is 11.1 Å². The molecular weight excluding hydrogens is 464 g/mol. The quantitative estimate of drug-likeness (QED) is 0.331. The Morgan fingerprint density at radius 1 is 0.889 bits per heavy atom. The lowest BCUT2D eigenvalue weighted by Gasteiger charge is -2.36. The third-order valence-corrected chi connectivity index (χ3v) is 6.96. The Morgan fingerprint density at radius 2 is 1.39 bits per heavy atom. The van der Waals surface area contributed by atoms with E-state index in [1.54, 1.807) is 27.0 Å². The molecule has 0 amide bonds. The largest absolute Gasteiger partial charge is 0.493 e. The van der Waals surface area contributed by atoms with Crippen LogP contribution in [0.1, 0.15) is 38.8 Å². The van der Waals surface area contributed by atoms with Gasteiger partial charge in [-0.25, -0.2) is 4.79 Å². The highest BCUT2D eigenvalue weighted by atomic mass is 16.6. The molecule has 0 aromatic heterocycles. The van der Waals surface area contributed by atoms with Gasteiger partial charge < -0.3 is 33.5 Å². The lowest BCUT2D eigenvalue weighted by molar-refractivity contribution is -0.130. The van der Waals surface area contributed by atoms with Crippen LogP contribution in [0.15, 0.2) is 23.8 Å². The molecule has 1 N–H and O–H groups in total. The number of carbonyl (C=O) groups is 1. The van der Waals surface area contributed by atoms with Crippen molar-refractivity contribution in [1.82, 2.24) is 0 Å². The Morgan fingerprint density at radius 3 is 1.89 bits per heavy atom.